The van der Waals surface area contributed by atoms with Crippen LogP contribution in [0.5, 0.6) is 5.75 Å². The minimum absolute atomic E-state index is 0.222. The SMILES string of the molecule is CCC(COC)Nc1ccc(F)c(OC)c1. The van der Waals surface area contributed by atoms with Gasteiger partial charge in [-0.2, -0.15) is 0 Å². The van der Waals surface area contributed by atoms with E-state index in [1.807, 2.05) is 0 Å². The molecule has 0 aliphatic rings. The van der Waals surface area contributed by atoms with E-state index in [4.69, 9.17) is 9.47 Å². The molecule has 0 saturated carbocycles. The van der Waals surface area contributed by atoms with E-state index < -0.39 is 0 Å². The minimum Gasteiger partial charge on any atom is -0.494 e. The van der Waals surface area contributed by atoms with Crippen molar-refractivity contribution < 1.29 is 13.9 Å². The first-order valence-electron chi connectivity index (χ1n) is 5.30. The van der Waals surface area contributed by atoms with E-state index in [0.29, 0.717) is 6.61 Å². The van der Waals surface area contributed by atoms with Crippen molar-refractivity contribution in [3.05, 3.63) is 24.0 Å². The van der Waals surface area contributed by atoms with Crippen LogP contribution in [-0.2, 0) is 4.74 Å². The Morgan fingerprint density at radius 3 is 2.69 bits per heavy atom. The van der Waals surface area contributed by atoms with E-state index in [-0.39, 0.29) is 17.6 Å². The molecule has 0 aliphatic heterocycles. The van der Waals surface area contributed by atoms with E-state index in [1.54, 1.807) is 19.2 Å². The predicted octanol–water partition coefficient (Wildman–Crippen LogP) is 2.67. The molecule has 4 heteroatoms. The number of rotatable bonds is 6. The highest BCUT2D eigenvalue weighted by Crippen LogP contribution is 2.22. The molecule has 0 radical (unpaired) electrons. The molecule has 1 aromatic rings. The maximum Gasteiger partial charge on any atom is 0.165 e. The zero-order chi connectivity index (χ0) is 12.0. The van der Waals surface area contributed by atoms with Crippen molar-refractivity contribution in [1.82, 2.24) is 0 Å². The molecule has 1 unspecified atom stereocenters. The Hall–Kier alpha value is -1.29. The summed E-state index contributed by atoms with van der Waals surface area (Å²) in [7, 11) is 3.12. The Labute approximate surface area is 95.6 Å². The highest BCUT2D eigenvalue weighted by molar-refractivity contribution is 5.49. The van der Waals surface area contributed by atoms with Gasteiger partial charge in [-0.3, -0.25) is 0 Å². The van der Waals surface area contributed by atoms with Gasteiger partial charge in [0.15, 0.2) is 11.6 Å². The van der Waals surface area contributed by atoms with Crippen LogP contribution in [0.2, 0.25) is 0 Å². The second kappa shape index (κ2) is 6.33. The van der Waals surface area contributed by atoms with Crippen molar-refractivity contribution in [3.8, 4) is 5.75 Å². The Bertz CT molecular complexity index is 331. The second-order valence-electron chi connectivity index (χ2n) is 3.55. The molecule has 0 aliphatic carbocycles. The first-order valence-corrected chi connectivity index (χ1v) is 5.30. The molecule has 0 saturated heterocycles. The molecule has 16 heavy (non-hydrogen) atoms. The standard InChI is InChI=1S/C12H18FNO2/c1-4-9(8-15-2)14-10-5-6-11(13)12(7-10)16-3/h5-7,9,14H,4,8H2,1-3H3. The Morgan fingerprint density at radius 2 is 2.12 bits per heavy atom. The van der Waals surface area contributed by atoms with Gasteiger partial charge in [0.05, 0.1) is 13.7 Å². The van der Waals surface area contributed by atoms with Crippen molar-refractivity contribution >= 4 is 5.69 Å². The molecule has 0 amide bonds. The lowest BCUT2D eigenvalue weighted by Gasteiger charge is -2.17. The predicted molar refractivity (Wildman–Crippen MR) is 62.5 cm³/mol. The summed E-state index contributed by atoms with van der Waals surface area (Å²) in [5.41, 5.74) is 0.835. The van der Waals surface area contributed by atoms with E-state index >= 15 is 0 Å². The summed E-state index contributed by atoms with van der Waals surface area (Å²) >= 11 is 0. The van der Waals surface area contributed by atoms with Gasteiger partial charge in [-0.1, -0.05) is 6.92 Å². The monoisotopic (exact) mass is 227 g/mol. The third-order valence-corrected chi connectivity index (χ3v) is 2.38. The molecule has 1 rings (SSSR count). The van der Waals surface area contributed by atoms with Crippen LogP contribution in [0.4, 0.5) is 10.1 Å². The lowest BCUT2D eigenvalue weighted by Crippen LogP contribution is -2.23. The molecule has 0 fully saturated rings. The van der Waals surface area contributed by atoms with Crippen LogP contribution >= 0.6 is 0 Å². The fraction of sp³-hybridized carbons (Fsp3) is 0.500. The molecule has 1 atom stereocenters. The number of ether oxygens (including phenoxy) is 2. The van der Waals surface area contributed by atoms with Gasteiger partial charge in [-0.25, -0.2) is 4.39 Å². The molecule has 0 heterocycles. The van der Waals surface area contributed by atoms with E-state index in [2.05, 4.69) is 12.2 Å². The number of methoxy groups -OCH3 is 2. The average Bonchev–Trinajstić information content (AvgIpc) is 2.30. The fourth-order valence-electron chi connectivity index (χ4n) is 1.45. The van der Waals surface area contributed by atoms with Crippen LogP contribution in [0.3, 0.4) is 0 Å². The molecule has 90 valence electrons. The quantitative estimate of drug-likeness (QED) is 0.810. The topological polar surface area (TPSA) is 30.5 Å². The molecule has 3 nitrogen and oxygen atoms in total. The third-order valence-electron chi connectivity index (χ3n) is 2.38. The van der Waals surface area contributed by atoms with Crippen LogP contribution in [0.25, 0.3) is 0 Å². The summed E-state index contributed by atoms with van der Waals surface area (Å²) < 4.78 is 23.2. The maximum absolute atomic E-state index is 13.2. The normalized spacial score (nSPS) is 12.2. The van der Waals surface area contributed by atoms with Gasteiger partial charge in [-0.05, 0) is 18.6 Å². The zero-order valence-electron chi connectivity index (χ0n) is 9.92. The van der Waals surface area contributed by atoms with E-state index in [0.717, 1.165) is 12.1 Å². The van der Waals surface area contributed by atoms with Gasteiger partial charge < -0.3 is 14.8 Å². The first-order chi connectivity index (χ1) is 7.71. The average molecular weight is 227 g/mol. The van der Waals surface area contributed by atoms with Crippen LogP contribution in [-0.4, -0.2) is 26.9 Å². The second-order valence-corrected chi connectivity index (χ2v) is 3.55. The minimum atomic E-state index is -0.354. The van der Waals surface area contributed by atoms with Crippen molar-refractivity contribution in [1.29, 1.82) is 0 Å². The Kier molecular flexibility index (Phi) is 5.05. The summed E-state index contributed by atoms with van der Waals surface area (Å²) in [6.45, 7) is 2.69. The zero-order valence-corrected chi connectivity index (χ0v) is 9.92. The summed E-state index contributed by atoms with van der Waals surface area (Å²) in [6, 6.07) is 4.95. The molecular weight excluding hydrogens is 209 g/mol. The van der Waals surface area contributed by atoms with Crippen molar-refractivity contribution in [2.75, 3.05) is 26.1 Å². The lowest BCUT2D eigenvalue weighted by molar-refractivity contribution is 0.184. The van der Waals surface area contributed by atoms with Crippen molar-refractivity contribution in [2.24, 2.45) is 0 Å². The third kappa shape index (κ3) is 3.38. The number of anilines is 1. The van der Waals surface area contributed by atoms with Crippen molar-refractivity contribution in [3.63, 3.8) is 0 Å². The van der Waals surface area contributed by atoms with Crippen LogP contribution < -0.4 is 10.1 Å². The smallest absolute Gasteiger partial charge is 0.165 e. The van der Waals surface area contributed by atoms with E-state index in [1.165, 1.54) is 13.2 Å². The fourth-order valence-corrected chi connectivity index (χ4v) is 1.45. The largest absolute Gasteiger partial charge is 0.494 e. The molecule has 1 aromatic carbocycles. The number of nitrogens with one attached hydrogen (secondary N) is 1. The number of benzene rings is 1. The van der Waals surface area contributed by atoms with Gasteiger partial charge in [0.25, 0.3) is 0 Å². The first kappa shape index (κ1) is 12.8. The summed E-state index contributed by atoms with van der Waals surface area (Å²) in [6.07, 6.45) is 0.938. The highest BCUT2D eigenvalue weighted by atomic mass is 19.1. The van der Waals surface area contributed by atoms with Gasteiger partial charge in [-0.15, -0.1) is 0 Å². The molecule has 0 aromatic heterocycles. The highest BCUT2D eigenvalue weighted by Gasteiger charge is 2.08. The summed E-state index contributed by atoms with van der Waals surface area (Å²) in [4.78, 5) is 0. The van der Waals surface area contributed by atoms with Gasteiger partial charge in [0, 0.05) is 24.9 Å². The Morgan fingerprint density at radius 1 is 1.38 bits per heavy atom. The number of halogens is 1. The van der Waals surface area contributed by atoms with Gasteiger partial charge in [0.1, 0.15) is 0 Å². The summed E-state index contributed by atoms with van der Waals surface area (Å²) in [5.74, 6) is -0.106. The Balaban J connectivity index is 2.72. The van der Waals surface area contributed by atoms with Gasteiger partial charge in [0.2, 0.25) is 0 Å². The van der Waals surface area contributed by atoms with Crippen LogP contribution in [0.15, 0.2) is 18.2 Å². The molecule has 1 N–H and O–H groups in total. The van der Waals surface area contributed by atoms with Gasteiger partial charge >= 0.3 is 0 Å². The molecule has 0 bridgehead atoms. The summed E-state index contributed by atoms with van der Waals surface area (Å²) in [5, 5.41) is 3.26. The molecule has 0 spiro atoms. The number of hydrogen-bond donors (Lipinski definition) is 1. The number of hydrogen-bond acceptors (Lipinski definition) is 3. The van der Waals surface area contributed by atoms with E-state index in [9.17, 15) is 4.39 Å². The molecular formula is C12H18FNO2. The lowest BCUT2D eigenvalue weighted by atomic mass is 10.2. The maximum atomic E-state index is 13.2. The van der Waals surface area contributed by atoms with Crippen molar-refractivity contribution in [2.45, 2.75) is 19.4 Å². The van der Waals surface area contributed by atoms with Crippen LogP contribution in [0.1, 0.15) is 13.3 Å². The van der Waals surface area contributed by atoms with Crippen LogP contribution in [0, 0.1) is 5.82 Å².